The van der Waals surface area contributed by atoms with E-state index in [4.69, 9.17) is 14.6 Å². The second-order valence-corrected chi connectivity index (χ2v) is 5.58. The Labute approximate surface area is 147 Å². The normalized spacial score (nSPS) is 12.1. The predicted octanol–water partition coefficient (Wildman–Crippen LogP) is 2.94. The Morgan fingerprint density at radius 1 is 1.12 bits per heavy atom. The molecule has 0 fully saturated rings. The number of Topliss-reactive ketones (excluding diaryl/α,β-unsaturated/α-hetero) is 1. The number of aryl methyl sites for hydroxylation is 1. The van der Waals surface area contributed by atoms with E-state index in [2.05, 4.69) is 0 Å². The second kappa shape index (κ2) is 11.1. The minimum atomic E-state index is -1.26. The van der Waals surface area contributed by atoms with Crippen LogP contribution in [0.3, 0.4) is 0 Å². The maximum absolute atomic E-state index is 12.6. The van der Waals surface area contributed by atoms with Crippen LogP contribution in [0.2, 0.25) is 0 Å². The molecule has 1 N–H and O–H groups in total. The number of rotatable bonds is 11. The summed E-state index contributed by atoms with van der Waals surface area (Å²) in [4.78, 5) is 34.8. The lowest BCUT2D eigenvalue weighted by molar-refractivity contribution is -0.142. The molecule has 1 atom stereocenters. The number of carbonyl (C=O) groups excluding carboxylic acids is 2. The molecule has 0 aliphatic rings. The van der Waals surface area contributed by atoms with Crippen LogP contribution in [0.15, 0.2) is 36.4 Å². The number of aliphatic carboxylic acids is 1. The third-order valence-corrected chi connectivity index (χ3v) is 3.42. The van der Waals surface area contributed by atoms with Crippen molar-refractivity contribution < 1.29 is 29.0 Å². The largest absolute Gasteiger partial charge is 0.478 e. The molecule has 136 valence electrons. The molecule has 1 aromatic carbocycles. The van der Waals surface area contributed by atoms with Crippen LogP contribution in [0.5, 0.6) is 0 Å². The van der Waals surface area contributed by atoms with E-state index in [1.165, 1.54) is 0 Å². The van der Waals surface area contributed by atoms with Crippen LogP contribution in [0, 0.1) is 6.92 Å². The van der Waals surface area contributed by atoms with Crippen LogP contribution in [0.4, 0.5) is 0 Å². The fourth-order valence-electron chi connectivity index (χ4n) is 2.00. The third-order valence-electron chi connectivity index (χ3n) is 3.42. The lowest BCUT2D eigenvalue weighted by atomic mass is 10.0. The first-order valence-corrected chi connectivity index (χ1v) is 8.24. The van der Waals surface area contributed by atoms with Gasteiger partial charge >= 0.3 is 11.9 Å². The van der Waals surface area contributed by atoms with Crippen LogP contribution in [-0.4, -0.2) is 42.1 Å². The highest BCUT2D eigenvalue weighted by Gasteiger charge is 2.23. The van der Waals surface area contributed by atoms with Crippen LogP contribution < -0.4 is 0 Å². The molecule has 1 unspecified atom stereocenters. The van der Waals surface area contributed by atoms with Gasteiger partial charge in [-0.2, -0.15) is 0 Å². The summed E-state index contributed by atoms with van der Waals surface area (Å²) < 4.78 is 10.6. The lowest BCUT2D eigenvalue weighted by Crippen LogP contribution is -2.28. The van der Waals surface area contributed by atoms with Crippen molar-refractivity contribution in [3.63, 3.8) is 0 Å². The van der Waals surface area contributed by atoms with Crippen LogP contribution in [0.1, 0.15) is 42.1 Å². The quantitative estimate of drug-likeness (QED) is 0.286. The van der Waals surface area contributed by atoms with Gasteiger partial charge in [0.15, 0.2) is 6.10 Å². The summed E-state index contributed by atoms with van der Waals surface area (Å²) in [5, 5.41) is 8.55. The number of ketones is 1. The zero-order valence-electron chi connectivity index (χ0n) is 14.6. The molecule has 0 saturated heterocycles. The number of carboxylic acid groups (broad SMARTS) is 1. The Morgan fingerprint density at radius 2 is 1.80 bits per heavy atom. The molecule has 25 heavy (non-hydrogen) atoms. The molecule has 0 bridgehead atoms. The zero-order valence-corrected chi connectivity index (χ0v) is 14.6. The number of carbonyl (C=O) groups is 3. The van der Waals surface area contributed by atoms with E-state index in [-0.39, 0.29) is 18.8 Å². The molecule has 0 amide bonds. The highest BCUT2D eigenvalue weighted by molar-refractivity contribution is 6.01. The van der Waals surface area contributed by atoms with E-state index in [1.54, 1.807) is 24.3 Å². The lowest BCUT2D eigenvalue weighted by Gasteiger charge is -2.16. The smallest absolute Gasteiger partial charge is 0.331 e. The van der Waals surface area contributed by atoms with Gasteiger partial charge in [0, 0.05) is 30.7 Å². The Hall–Kier alpha value is -2.47. The fourth-order valence-corrected chi connectivity index (χ4v) is 2.00. The van der Waals surface area contributed by atoms with Gasteiger partial charge in [0.05, 0.1) is 6.61 Å². The first-order chi connectivity index (χ1) is 11.9. The highest BCUT2D eigenvalue weighted by atomic mass is 16.5. The molecule has 1 aromatic rings. The van der Waals surface area contributed by atoms with E-state index >= 15 is 0 Å². The van der Waals surface area contributed by atoms with E-state index in [0.717, 1.165) is 24.5 Å². The monoisotopic (exact) mass is 348 g/mol. The Morgan fingerprint density at radius 3 is 2.40 bits per heavy atom. The van der Waals surface area contributed by atoms with Gasteiger partial charge in [0.1, 0.15) is 0 Å². The molecular formula is C19H24O6. The van der Waals surface area contributed by atoms with Crippen molar-refractivity contribution in [1.82, 2.24) is 0 Å². The SMILES string of the molecule is CCCCOCCC(OC(=O)/C=C/C(=O)O)C(=O)c1ccc(C)cc1. The topological polar surface area (TPSA) is 89.9 Å². The van der Waals surface area contributed by atoms with Gasteiger partial charge in [-0.15, -0.1) is 0 Å². The van der Waals surface area contributed by atoms with Crippen molar-refractivity contribution in [3.05, 3.63) is 47.5 Å². The molecule has 0 aromatic heterocycles. The van der Waals surface area contributed by atoms with E-state index in [1.807, 2.05) is 13.8 Å². The number of hydrogen-bond donors (Lipinski definition) is 1. The molecule has 0 spiro atoms. The van der Waals surface area contributed by atoms with Gasteiger partial charge in [-0.25, -0.2) is 9.59 Å². The maximum atomic E-state index is 12.6. The minimum Gasteiger partial charge on any atom is -0.478 e. The summed E-state index contributed by atoms with van der Waals surface area (Å²) >= 11 is 0. The summed E-state index contributed by atoms with van der Waals surface area (Å²) in [6.45, 7) is 4.81. The number of carboxylic acids is 1. The summed E-state index contributed by atoms with van der Waals surface area (Å²) in [7, 11) is 0. The highest BCUT2D eigenvalue weighted by Crippen LogP contribution is 2.12. The van der Waals surface area contributed by atoms with Gasteiger partial charge in [-0.05, 0) is 13.3 Å². The van der Waals surface area contributed by atoms with Crippen LogP contribution in [-0.2, 0) is 19.1 Å². The van der Waals surface area contributed by atoms with E-state index in [9.17, 15) is 14.4 Å². The minimum absolute atomic E-state index is 0.211. The third kappa shape index (κ3) is 8.26. The fraction of sp³-hybridized carbons (Fsp3) is 0.421. The van der Waals surface area contributed by atoms with Crippen LogP contribution in [0.25, 0.3) is 0 Å². The van der Waals surface area contributed by atoms with Crippen LogP contribution >= 0.6 is 0 Å². The number of esters is 1. The summed E-state index contributed by atoms with van der Waals surface area (Å²) in [6, 6.07) is 6.94. The number of hydrogen-bond acceptors (Lipinski definition) is 5. The summed E-state index contributed by atoms with van der Waals surface area (Å²) in [5.41, 5.74) is 1.44. The molecule has 0 aliphatic heterocycles. The molecule has 0 radical (unpaired) electrons. The average molecular weight is 348 g/mol. The van der Waals surface area contributed by atoms with Gasteiger partial charge in [-0.3, -0.25) is 4.79 Å². The molecule has 1 rings (SSSR count). The van der Waals surface area contributed by atoms with Crippen molar-refractivity contribution in [2.75, 3.05) is 13.2 Å². The molecule has 0 aliphatic carbocycles. The summed E-state index contributed by atoms with van der Waals surface area (Å²) in [6.07, 6.45) is 2.57. The first-order valence-electron chi connectivity index (χ1n) is 8.24. The molecular weight excluding hydrogens is 324 g/mol. The predicted molar refractivity (Wildman–Crippen MR) is 92.5 cm³/mol. The number of ether oxygens (including phenoxy) is 2. The van der Waals surface area contributed by atoms with Crippen molar-refractivity contribution in [3.8, 4) is 0 Å². The Bertz CT molecular complexity index is 603. The maximum Gasteiger partial charge on any atom is 0.331 e. The van der Waals surface area contributed by atoms with Gasteiger partial charge < -0.3 is 14.6 Å². The van der Waals surface area contributed by atoms with Gasteiger partial charge in [0.25, 0.3) is 0 Å². The molecule has 0 saturated carbocycles. The Balaban J connectivity index is 2.75. The molecule has 6 heteroatoms. The van der Waals surface area contributed by atoms with Crippen molar-refractivity contribution in [2.24, 2.45) is 0 Å². The molecule has 6 nitrogen and oxygen atoms in total. The average Bonchev–Trinajstić information content (AvgIpc) is 2.58. The van der Waals surface area contributed by atoms with Gasteiger partial charge in [0.2, 0.25) is 5.78 Å². The number of benzene rings is 1. The van der Waals surface area contributed by atoms with E-state index in [0.29, 0.717) is 18.2 Å². The molecule has 0 heterocycles. The first kappa shape index (κ1) is 20.6. The van der Waals surface area contributed by atoms with Crippen molar-refractivity contribution >= 4 is 17.7 Å². The Kier molecular flexibility index (Phi) is 9.17. The zero-order chi connectivity index (χ0) is 18.7. The van der Waals surface area contributed by atoms with E-state index < -0.39 is 18.0 Å². The van der Waals surface area contributed by atoms with Crippen molar-refractivity contribution in [2.45, 2.75) is 39.2 Å². The standard InChI is InChI=1S/C19H24O6/c1-3-4-12-24-13-11-16(25-18(22)10-9-17(20)21)19(23)15-7-5-14(2)6-8-15/h5-10,16H,3-4,11-13H2,1-2H3,(H,20,21)/b10-9+. The van der Waals surface area contributed by atoms with Gasteiger partial charge in [-0.1, -0.05) is 43.2 Å². The van der Waals surface area contributed by atoms with Crippen molar-refractivity contribution in [1.29, 1.82) is 0 Å². The second-order valence-electron chi connectivity index (χ2n) is 5.58. The number of unbranched alkanes of at least 4 members (excludes halogenated alkanes) is 1. The summed E-state index contributed by atoms with van der Waals surface area (Å²) in [5.74, 6) is -2.47.